The molecular formula is C18H22N4O2. The van der Waals surface area contributed by atoms with Gasteiger partial charge in [0.2, 0.25) is 0 Å². The number of rotatable bonds is 4. The SMILES string of the molecule is Cc1cccc(C(=O)N2CCC(Oc3nccnc3N(C)C)C2)c1. The Bertz CT molecular complexity index is 732. The van der Waals surface area contributed by atoms with E-state index in [0.717, 1.165) is 17.5 Å². The van der Waals surface area contributed by atoms with Crippen LogP contribution in [0.3, 0.4) is 0 Å². The second-order valence-corrected chi connectivity index (χ2v) is 6.23. The summed E-state index contributed by atoms with van der Waals surface area (Å²) >= 11 is 0. The summed E-state index contributed by atoms with van der Waals surface area (Å²) in [7, 11) is 3.80. The maximum Gasteiger partial charge on any atom is 0.257 e. The summed E-state index contributed by atoms with van der Waals surface area (Å²) in [6.07, 6.45) is 3.99. The van der Waals surface area contributed by atoms with Crippen LogP contribution in [0.4, 0.5) is 5.82 Å². The van der Waals surface area contributed by atoms with E-state index in [2.05, 4.69) is 9.97 Å². The Balaban J connectivity index is 1.67. The van der Waals surface area contributed by atoms with Gasteiger partial charge in [0.25, 0.3) is 11.8 Å². The van der Waals surface area contributed by atoms with E-state index in [1.165, 1.54) is 0 Å². The van der Waals surface area contributed by atoms with E-state index in [-0.39, 0.29) is 12.0 Å². The molecule has 0 N–H and O–H groups in total. The Kier molecular flexibility index (Phi) is 4.64. The second-order valence-electron chi connectivity index (χ2n) is 6.23. The largest absolute Gasteiger partial charge is 0.470 e. The Morgan fingerprint density at radius 3 is 2.83 bits per heavy atom. The van der Waals surface area contributed by atoms with Gasteiger partial charge in [-0.3, -0.25) is 4.79 Å². The first-order valence-electron chi connectivity index (χ1n) is 8.05. The number of ether oxygens (including phenoxy) is 1. The number of anilines is 1. The first kappa shape index (κ1) is 16.2. The van der Waals surface area contributed by atoms with E-state index in [0.29, 0.717) is 24.8 Å². The monoisotopic (exact) mass is 326 g/mol. The van der Waals surface area contributed by atoms with Gasteiger partial charge in [0, 0.05) is 45.0 Å². The highest BCUT2D eigenvalue weighted by Gasteiger charge is 2.29. The molecule has 1 aliphatic heterocycles. The highest BCUT2D eigenvalue weighted by atomic mass is 16.5. The minimum absolute atomic E-state index is 0.0526. The van der Waals surface area contributed by atoms with E-state index in [9.17, 15) is 4.79 Å². The molecule has 0 aliphatic carbocycles. The third-order valence-electron chi connectivity index (χ3n) is 4.05. The standard InChI is InChI=1S/C18H22N4O2/c1-13-5-4-6-14(11-13)18(23)22-10-7-15(12-22)24-17-16(21(2)3)19-8-9-20-17/h4-6,8-9,11,15H,7,10,12H2,1-3H3. The van der Waals surface area contributed by atoms with Crippen molar-refractivity contribution in [2.24, 2.45) is 0 Å². The van der Waals surface area contributed by atoms with Crippen LogP contribution in [-0.2, 0) is 0 Å². The van der Waals surface area contributed by atoms with Crippen LogP contribution in [0.15, 0.2) is 36.7 Å². The van der Waals surface area contributed by atoms with Crippen LogP contribution in [0.2, 0.25) is 0 Å². The minimum atomic E-state index is -0.0610. The average molecular weight is 326 g/mol. The molecule has 2 heterocycles. The van der Waals surface area contributed by atoms with Crippen molar-refractivity contribution < 1.29 is 9.53 Å². The quantitative estimate of drug-likeness (QED) is 0.861. The predicted octanol–water partition coefficient (Wildman–Crippen LogP) is 2.14. The topological polar surface area (TPSA) is 58.6 Å². The normalized spacial score (nSPS) is 17.0. The molecule has 6 nitrogen and oxygen atoms in total. The summed E-state index contributed by atoms with van der Waals surface area (Å²) in [6.45, 7) is 3.24. The highest BCUT2D eigenvalue weighted by Crippen LogP contribution is 2.24. The lowest BCUT2D eigenvalue weighted by Gasteiger charge is -2.19. The molecule has 1 unspecified atom stereocenters. The van der Waals surface area contributed by atoms with Crippen LogP contribution >= 0.6 is 0 Å². The van der Waals surface area contributed by atoms with E-state index < -0.39 is 0 Å². The number of hydrogen-bond donors (Lipinski definition) is 0. The summed E-state index contributed by atoms with van der Waals surface area (Å²) in [5.74, 6) is 1.26. The minimum Gasteiger partial charge on any atom is -0.470 e. The Hall–Kier alpha value is -2.63. The van der Waals surface area contributed by atoms with Crippen molar-refractivity contribution in [1.82, 2.24) is 14.9 Å². The predicted molar refractivity (Wildman–Crippen MR) is 92.5 cm³/mol. The Morgan fingerprint density at radius 1 is 1.29 bits per heavy atom. The van der Waals surface area contributed by atoms with Crippen LogP contribution in [0.5, 0.6) is 5.88 Å². The molecule has 1 aromatic heterocycles. The maximum absolute atomic E-state index is 12.6. The first-order chi connectivity index (χ1) is 11.5. The van der Waals surface area contributed by atoms with Crippen molar-refractivity contribution in [3.8, 4) is 5.88 Å². The number of likely N-dealkylation sites (tertiary alicyclic amines) is 1. The Morgan fingerprint density at radius 2 is 2.08 bits per heavy atom. The lowest BCUT2D eigenvalue weighted by atomic mass is 10.1. The fourth-order valence-electron chi connectivity index (χ4n) is 2.84. The molecule has 0 saturated carbocycles. The van der Waals surface area contributed by atoms with Crippen LogP contribution in [0.25, 0.3) is 0 Å². The van der Waals surface area contributed by atoms with Gasteiger partial charge < -0.3 is 14.5 Å². The number of carbonyl (C=O) groups is 1. The van der Waals surface area contributed by atoms with Gasteiger partial charge in [-0.2, -0.15) is 0 Å². The van der Waals surface area contributed by atoms with E-state index in [4.69, 9.17) is 4.74 Å². The molecule has 1 atom stereocenters. The molecule has 1 amide bonds. The van der Waals surface area contributed by atoms with Crippen LogP contribution in [0, 0.1) is 6.92 Å². The maximum atomic E-state index is 12.6. The lowest BCUT2D eigenvalue weighted by molar-refractivity contribution is 0.0771. The summed E-state index contributed by atoms with van der Waals surface area (Å²) in [5, 5.41) is 0. The summed E-state index contributed by atoms with van der Waals surface area (Å²) < 4.78 is 6.00. The first-order valence-corrected chi connectivity index (χ1v) is 8.05. The Labute approximate surface area is 142 Å². The van der Waals surface area contributed by atoms with Crippen LogP contribution in [0.1, 0.15) is 22.3 Å². The zero-order chi connectivity index (χ0) is 17.1. The number of aromatic nitrogens is 2. The summed E-state index contributed by atoms with van der Waals surface area (Å²) in [5.41, 5.74) is 1.81. The van der Waals surface area contributed by atoms with Crippen molar-refractivity contribution in [2.75, 3.05) is 32.1 Å². The van der Waals surface area contributed by atoms with E-state index in [1.807, 2.05) is 55.1 Å². The second kappa shape index (κ2) is 6.86. The zero-order valence-electron chi connectivity index (χ0n) is 14.3. The number of hydrogen-bond acceptors (Lipinski definition) is 5. The van der Waals surface area contributed by atoms with Gasteiger partial charge in [-0.05, 0) is 19.1 Å². The number of benzene rings is 1. The fourth-order valence-corrected chi connectivity index (χ4v) is 2.84. The van der Waals surface area contributed by atoms with Crippen LogP contribution in [-0.4, -0.2) is 54.1 Å². The zero-order valence-corrected chi connectivity index (χ0v) is 14.3. The van der Waals surface area contributed by atoms with Gasteiger partial charge in [-0.25, -0.2) is 9.97 Å². The molecule has 6 heteroatoms. The third kappa shape index (κ3) is 3.48. The molecule has 3 rings (SSSR count). The van der Waals surface area contributed by atoms with Crippen molar-refractivity contribution in [3.63, 3.8) is 0 Å². The van der Waals surface area contributed by atoms with Gasteiger partial charge in [-0.15, -0.1) is 0 Å². The average Bonchev–Trinajstić information content (AvgIpc) is 3.03. The smallest absolute Gasteiger partial charge is 0.257 e. The fraction of sp³-hybridized carbons (Fsp3) is 0.389. The van der Waals surface area contributed by atoms with Gasteiger partial charge in [0.05, 0.1) is 6.54 Å². The van der Waals surface area contributed by atoms with E-state index >= 15 is 0 Å². The van der Waals surface area contributed by atoms with Crippen molar-refractivity contribution in [1.29, 1.82) is 0 Å². The van der Waals surface area contributed by atoms with Crippen molar-refractivity contribution >= 4 is 11.7 Å². The van der Waals surface area contributed by atoms with Crippen LogP contribution < -0.4 is 9.64 Å². The number of amides is 1. The number of aryl methyl sites for hydroxylation is 1. The van der Waals surface area contributed by atoms with Gasteiger partial charge >= 0.3 is 0 Å². The van der Waals surface area contributed by atoms with Crippen molar-refractivity contribution in [2.45, 2.75) is 19.4 Å². The summed E-state index contributed by atoms with van der Waals surface area (Å²) in [4.78, 5) is 24.9. The summed E-state index contributed by atoms with van der Waals surface area (Å²) in [6, 6.07) is 7.68. The molecule has 0 bridgehead atoms. The van der Waals surface area contributed by atoms with Gasteiger partial charge in [0.15, 0.2) is 5.82 Å². The van der Waals surface area contributed by atoms with Crippen molar-refractivity contribution in [3.05, 3.63) is 47.8 Å². The number of carbonyl (C=O) groups excluding carboxylic acids is 1. The third-order valence-corrected chi connectivity index (χ3v) is 4.05. The molecular weight excluding hydrogens is 304 g/mol. The van der Waals surface area contributed by atoms with Gasteiger partial charge in [-0.1, -0.05) is 17.7 Å². The molecule has 0 radical (unpaired) electrons. The van der Waals surface area contributed by atoms with Gasteiger partial charge in [0.1, 0.15) is 6.10 Å². The highest BCUT2D eigenvalue weighted by molar-refractivity contribution is 5.94. The molecule has 2 aromatic rings. The molecule has 1 aromatic carbocycles. The molecule has 1 saturated heterocycles. The molecule has 0 spiro atoms. The molecule has 24 heavy (non-hydrogen) atoms. The molecule has 1 fully saturated rings. The molecule has 1 aliphatic rings. The van der Waals surface area contributed by atoms with E-state index in [1.54, 1.807) is 12.4 Å². The number of nitrogens with zero attached hydrogens (tertiary/aromatic N) is 4. The lowest BCUT2D eigenvalue weighted by Crippen LogP contribution is -2.31. The molecule has 126 valence electrons.